The van der Waals surface area contributed by atoms with Crippen LogP contribution in [0.1, 0.15) is 22.4 Å². The number of aryl methyl sites for hydroxylation is 5. The fourth-order valence-corrected chi connectivity index (χ4v) is 3.62. The summed E-state index contributed by atoms with van der Waals surface area (Å²) >= 11 is 0. The SMILES string of the molecule is COc1cccc(-n2nnn(C)c2=O)c1COc1cc(C)c(-c2cc(C)n(C)n2)cc1C. The maximum absolute atomic E-state index is 12.4. The Morgan fingerprint density at radius 3 is 2.34 bits per heavy atom. The highest BCUT2D eigenvalue weighted by atomic mass is 16.5. The Morgan fingerprint density at radius 1 is 0.938 bits per heavy atom. The molecule has 0 spiro atoms. The van der Waals surface area contributed by atoms with Gasteiger partial charge < -0.3 is 9.47 Å². The number of hydrogen-bond acceptors (Lipinski definition) is 6. The topological polar surface area (TPSA) is 89.0 Å². The summed E-state index contributed by atoms with van der Waals surface area (Å²) in [5.74, 6) is 1.36. The van der Waals surface area contributed by atoms with Crippen LogP contribution in [0.3, 0.4) is 0 Å². The monoisotopic (exact) mass is 434 g/mol. The molecule has 0 radical (unpaired) electrons. The van der Waals surface area contributed by atoms with E-state index in [1.807, 2.05) is 44.6 Å². The number of hydrogen-bond donors (Lipinski definition) is 0. The number of tetrazole rings is 1. The zero-order chi connectivity index (χ0) is 23.0. The Bertz CT molecular complexity index is 1330. The number of rotatable bonds is 6. The highest BCUT2D eigenvalue weighted by Gasteiger charge is 2.17. The Morgan fingerprint density at radius 2 is 1.72 bits per heavy atom. The van der Waals surface area contributed by atoms with Gasteiger partial charge in [-0.3, -0.25) is 4.68 Å². The van der Waals surface area contributed by atoms with E-state index >= 15 is 0 Å². The molecule has 9 nitrogen and oxygen atoms in total. The van der Waals surface area contributed by atoms with Crippen LogP contribution in [-0.2, 0) is 20.7 Å². The van der Waals surface area contributed by atoms with Crippen molar-refractivity contribution in [2.45, 2.75) is 27.4 Å². The number of nitrogens with zero attached hydrogens (tertiary/aromatic N) is 6. The first-order valence-electron chi connectivity index (χ1n) is 10.2. The number of methoxy groups -OCH3 is 1. The minimum absolute atomic E-state index is 0.199. The van der Waals surface area contributed by atoms with Crippen LogP contribution in [0.15, 0.2) is 41.2 Å². The number of benzene rings is 2. The molecule has 0 N–H and O–H groups in total. The van der Waals surface area contributed by atoms with Crippen molar-refractivity contribution in [2.24, 2.45) is 14.1 Å². The molecule has 2 heterocycles. The molecule has 0 fully saturated rings. The molecule has 0 aliphatic heterocycles. The average Bonchev–Trinajstić information content (AvgIpc) is 3.28. The molecule has 0 aliphatic rings. The van der Waals surface area contributed by atoms with Crippen LogP contribution >= 0.6 is 0 Å². The lowest BCUT2D eigenvalue weighted by atomic mass is 10.0. The van der Waals surface area contributed by atoms with Crippen molar-refractivity contribution < 1.29 is 9.47 Å². The Kier molecular flexibility index (Phi) is 5.56. The van der Waals surface area contributed by atoms with Gasteiger partial charge in [0.2, 0.25) is 0 Å². The summed E-state index contributed by atoms with van der Waals surface area (Å²) in [6.45, 7) is 6.28. The van der Waals surface area contributed by atoms with Gasteiger partial charge in [-0.25, -0.2) is 4.79 Å². The van der Waals surface area contributed by atoms with Gasteiger partial charge in [0.25, 0.3) is 0 Å². The van der Waals surface area contributed by atoms with E-state index in [4.69, 9.17) is 9.47 Å². The summed E-state index contributed by atoms with van der Waals surface area (Å²) in [6, 6.07) is 11.6. The summed E-state index contributed by atoms with van der Waals surface area (Å²) in [6.07, 6.45) is 0. The largest absolute Gasteiger partial charge is 0.496 e. The molecule has 0 amide bonds. The third kappa shape index (κ3) is 3.77. The van der Waals surface area contributed by atoms with Gasteiger partial charge in [-0.05, 0) is 72.7 Å². The molecule has 9 heteroatoms. The molecular weight excluding hydrogens is 408 g/mol. The quantitative estimate of drug-likeness (QED) is 0.464. The molecule has 0 unspecified atom stereocenters. The van der Waals surface area contributed by atoms with E-state index in [1.54, 1.807) is 26.3 Å². The Balaban J connectivity index is 1.68. The second kappa shape index (κ2) is 8.33. The van der Waals surface area contributed by atoms with E-state index in [2.05, 4.69) is 27.7 Å². The lowest BCUT2D eigenvalue weighted by Gasteiger charge is -2.16. The van der Waals surface area contributed by atoms with Crippen molar-refractivity contribution in [3.63, 3.8) is 0 Å². The molecule has 0 saturated carbocycles. The van der Waals surface area contributed by atoms with Gasteiger partial charge in [0, 0.05) is 25.4 Å². The molecule has 32 heavy (non-hydrogen) atoms. The van der Waals surface area contributed by atoms with E-state index in [-0.39, 0.29) is 12.3 Å². The van der Waals surface area contributed by atoms with Crippen molar-refractivity contribution in [3.05, 3.63) is 69.3 Å². The van der Waals surface area contributed by atoms with Crippen LogP contribution in [0, 0.1) is 20.8 Å². The third-order valence-corrected chi connectivity index (χ3v) is 5.56. The van der Waals surface area contributed by atoms with Crippen LogP contribution in [0.5, 0.6) is 11.5 Å². The maximum Gasteiger partial charge on any atom is 0.368 e. The minimum Gasteiger partial charge on any atom is -0.496 e. The summed E-state index contributed by atoms with van der Waals surface area (Å²) < 4.78 is 16.0. The first-order valence-corrected chi connectivity index (χ1v) is 10.2. The third-order valence-electron chi connectivity index (χ3n) is 5.56. The van der Waals surface area contributed by atoms with Gasteiger partial charge in [0.1, 0.15) is 18.1 Å². The van der Waals surface area contributed by atoms with Crippen LogP contribution < -0.4 is 15.2 Å². The van der Waals surface area contributed by atoms with Gasteiger partial charge in [0.15, 0.2) is 0 Å². The fraction of sp³-hybridized carbons (Fsp3) is 0.304. The summed E-state index contributed by atoms with van der Waals surface area (Å²) in [5, 5.41) is 12.4. The normalized spacial score (nSPS) is 11.1. The highest BCUT2D eigenvalue weighted by Crippen LogP contribution is 2.32. The fourth-order valence-electron chi connectivity index (χ4n) is 3.62. The summed E-state index contributed by atoms with van der Waals surface area (Å²) in [4.78, 5) is 12.4. The van der Waals surface area contributed by atoms with Crippen molar-refractivity contribution in [1.82, 2.24) is 29.6 Å². The van der Waals surface area contributed by atoms with Crippen molar-refractivity contribution in [3.8, 4) is 28.4 Å². The smallest absolute Gasteiger partial charge is 0.368 e. The van der Waals surface area contributed by atoms with Crippen LogP contribution in [0.25, 0.3) is 16.9 Å². The van der Waals surface area contributed by atoms with E-state index in [0.717, 1.165) is 33.8 Å². The molecular formula is C23H26N6O3. The molecule has 2 aromatic carbocycles. The van der Waals surface area contributed by atoms with Gasteiger partial charge in [-0.1, -0.05) is 6.07 Å². The molecule has 0 aliphatic carbocycles. The molecule has 0 atom stereocenters. The number of aromatic nitrogens is 6. The summed E-state index contributed by atoms with van der Waals surface area (Å²) in [7, 11) is 5.08. The van der Waals surface area contributed by atoms with Crippen LogP contribution in [0.2, 0.25) is 0 Å². The van der Waals surface area contributed by atoms with Gasteiger partial charge in [-0.2, -0.15) is 14.5 Å². The second-order valence-electron chi connectivity index (χ2n) is 7.77. The molecule has 0 saturated heterocycles. The van der Waals surface area contributed by atoms with Gasteiger partial charge >= 0.3 is 5.69 Å². The first-order chi connectivity index (χ1) is 15.3. The molecule has 2 aromatic heterocycles. The predicted octanol–water partition coefficient (Wildman–Crippen LogP) is 2.88. The van der Waals surface area contributed by atoms with E-state index in [1.165, 1.54) is 9.36 Å². The molecule has 166 valence electrons. The first kappa shape index (κ1) is 21.4. The standard InChI is InChI=1S/C23H26N6O3/c1-14-11-22(15(2)10-17(14)19-12-16(3)27(4)24-19)32-13-18-20(8-7-9-21(18)31-6)29-23(30)28(5)25-26-29/h7-12H,13H2,1-6H3. The van der Waals surface area contributed by atoms with E-state index in [0.29, 0.717) is 17.0 Å². The molecule has 4 aromatic rings. The van der Waals surface area contributed by atoms with Crippen LogP contribution in [-0.4, -0.2) is 36.7 Å². The Hall–Kier alpha value is -3.88. The average molecular weight is 435 g/mol. The zero-order valence-electron chi connectivity index (χ0n) is 19.1. The van der Waals surface area contributed by atoms with E-state index < -0.39 is 0 Å². The predicted molar refractivity (Wildman–Crippen MR) is 120 cm³/mol. The van der Waals surface area contributed by atoms with E-state index in [9.17, 15) is 4.79 Å². The lowest BCUT2D eigenvalue weighted by molar-refractivity contribution is 0.294. The minimum atomic E-state index is -0.346. The van der Waals surface area contributed by atoms with Gasteiger partial charge in [0.05, 0.1) is 24.1 Å². The van der Waals surface area contributed by atoms with Crippen molar-refractivity contribution in [2.75, 3.05) is 7.11 Å². The Labute approximate surface area is 185 Å². The highest BCUT2D eigenvalue weighted by molar-refractivity contribution is 5.66. The lowest BCUT2D eigenvalue weighted by Crippen LogP contribution is -2.23. The summed E-state index contributed by atoms with van der Waals surface area (Å²) in [5.41, 5.74) is 6.09. The maximum atomic E-state index is 12.4. The second-order valence-corrected chi connectivity index (χ2v) is 7.77. The zero-order valence-corrected chi connectivity index (χ0v) is 19.1. The van der Waals surface area contributed by atoms with Crippen molar-refractivity contribution in [1.29, 1.82) is 0 Å². The molecule has 4 rings (SSSR count). The van der Waals surface area contributed by atoms with Gasteiger partial charge in [-0.15, -0.1) is 0 Å². The van der Waals surface area contributed by atoms with Crippen molar-refractivity contribution >= 4 is 0 Å². The van der Waals surface area contributed by atoms with Crippen LogP contribution in [0.4, 0.5) is 0 Å². The molecule has 0 bridgehead atoms. The number of ether oxygens (including phenoxy) is 2.